The van der Waals surface area contributed by atoms with Crippen LogP contribution in [0.4, 0.5) is 0 Å². The third kappa shape index (κ3) is 5.23. The number of aromatic hydroxyl groups is 1. The summed E-state index contributed by atoms with van der Waals surface area (Å²) in [7, 11) is 0. The molecule has 3 aromatic carbocycles. The van der Waals surface area contributed by atoms with E-state index in [1.54, 1.807) is 30.3 Å². The highest BCUT2D eigenvalue weighted by atomic mass is 16.3. The quantitative estimate of drug-likeness (QED) is 0.418. The second-order valence-electron chi connectivity index (χ2n) is 7.75. The third-order valence-electron chi connectivity index (χ3n) is 5.36. The van der Waals surface area contributed by atoms with Crippen molar-refractivity contribution in [2.75, 3.05) is 6.54 Å². The van der Waals surface area contributed by atoms with Gasteiger partial charge in [0.15, 0.2) is 0 Å². The van der Waals surface area contributed by atoms with Gasteiger partial charge in [0.05, 0.1) is 0 Å². The minimum absolute atomic E-state index is 0.128. The maximum atomic E-state index is 12.2. The molecule has 0 aliphatic carbocycles. The van der Waals surface area contributed by atoms with Crippen LogP contribution < -0.4 is 5.32 Å². The van der Waals surface area contributed by atoms with E-state index >= 15 is 0 Å². The Hall–Kier alpha value is -3.79. The van der Waals surface area contributed by atoms with Gasteiger partial charge in [-0.05, 0) is 54.3 Å². The molecule has 1 amide bonds. The van der Waals surface area contributed by atoms with Crippen LogP contribution in [-0.2, 0) is 17.8 Å². The van der Waals surface area contributed by atoms with Gasteiger partial charge in [-0.1, -0.05) is 60.2 Å². The van der Waals surface area contributed by atoms with Crippen molar-refractivity contribution in [3.05, 3.63) is 107 Å². The third-order valence-corrected chi connectivity index (χ3v) is 5.36. The van der Waals surface area contributed by atoms with E-state index in [1.165, 1.54) is 33.7 Å². The number of fused-ring (bicyclic) bond motifs is 1. The fourth-order valence-corrected chi connectivity index (χ4v) is 3.68. The molecule has 0 aliphatic heterocycles. The summed E-state index contributed by atoms with van der Waals surface area (Å²) in [5.41, 5.74) is 5.83. The molecule has 4 heteroatoms. The van der Waals surface area contributed by atoms with Crippen LogP contribution in [-0.4, -0.2) is 22.1 Å². The summed E-state index contributed by atoms with van der Waals surface area (Å²) in [4.78, 5) is 12.2. The zero-order valence-corrected chi connectivity index (χ0v) is 17.6. The van der Waals surface area contributed by atoms with Crippen LogP contribution in [0.25, 0.3) is 17.0 Å². The minimum Gasteiger partial charge on any atom is -0.508 e. The molecule has 156 valence electrons. The number of para-hydroxylation sites is 1. The van der Waals surface area contributed by atoms with E-state index in [9.17, 15) is 9.90 Å². The largest absolute Gasteiger partial charge is 0.508 e. The average Bonchev–Trinajstić information content (AvgIpc) is 3.12. The van der Waals surface area contributed by atoms with Gasteiger partial charge >= 0.3 is 0 Å². The topological polar surface area (TPSA) is 54.3 Å². The Bertz CT molecular complexity index is 1200. The fourth-order valence-electron chi connectivity index (χ4n) is 3.68. The highest BCUT2D eigenvalue weighted by Gasteiger charge is 2.09. The average molecular weight is 411 g/mol. The van der Waals surface area contributed by atoms with E-state index < -0.39 is 0 Å². The summed E-state index contributed by atoms with van der Waals surface area (Å²) in [6, 6.07) is 23.8. The number of nitrogens with one attached hydrogen (secondary N) is 1. The van der Waals surface area contributed by atoms with Crippen molar-refractivity contribution in [1.82, 2.24) is 9.88 Å². The first kappa shape index (κ1) is 20.5. The van der Waals surface area contributed by atoms with Crippen molar-refractivity contribution in [3.8, 4) is 5.75 Å². The SMILES string of the molecule is Cc1ccc(Cn2cc(CCNC(=O)/C=C/c3ccc(O)cc3)c3ccccc32)cc1. The van der Waals surface area contributed by atoms with E-state index in [0.717, 1.165) is 18.5 Å². The predicted molar refractivity (Wildman–Crippen MR) is 126 cm³/mol. The molecule has 31 heavy (non-hydrogen) atoms. The Morgan fingerprint density at radius 2 is 1.74 bits per heavy atom. The van der Waals surface area contributed by atoms with E-state index in [2.05, 4.69) is 71.5 Å². The molecule has 0 radical (unpaired) electrons. The minimum atomic E-state index is -0.128. The Labute approximate surface area is 182 Å². The van der Waals surface area contributed by atoms with Gasteiger partial charge in [-0.2, -0.15) is 0 Å². The van der Waals surface area contributed by atoms with Crippen molar-refractivity contribution in [2.45, 2.75) is 19.9 Å². The van der Waals surface area contributed by atoms with Gasteiger partial charge < -0.3 is 15.0 Å². The summed E-state index contributed by atoms with van der Waals surface area (Å²) in [6.07, 6.45) is 6.22. The Morgan fingerprint density at radius 3 is 2.52 bits per heavy atom. The van der Waals surface area contributed by atoms with Crippen LogP contribution >= 0.6 is 0 Å². The lowest BCUT2D eigenvalue weighted by atomic mass is 10.1. The van der Waals surface area contributed by atoms with Gasteiger partial charge in [0.1, 0.15) is 5.75 Å². The highest BCUT2D eigenvalue weighted by Crippen LogP contribution is 2.23. The van der Waals surface area contributed by atoms with Gasteiger partial charge in [-0.3, -0.25) is 4.79 Å². The lowest BCUT2D eigenvalue weighted by Gasteiger charge is -2.06. The van der Waals surface area contributed by atoms with Crippen molar-refractivity contribution in [2.24, 2.45) is 0 Å². The fraction of sp³-hybridized carbons (Fsp3) is 0.148. The number of hydrogen-bond donors (Lipinski definition) is 2. The molecule has 4 rings (SSSR count). The molecule has 0 unspecified atom stereocenters. The monoisotopic (exact) mass is 410 g/mol. The molecule has 0 atom stereocenters. The zero-order chi connectivity index (χ0) is 21.6. The molecule has 0 saturated heterocycles. The van der Waals surface area contributed by atoms with E-state index in [4.69, 9.17) is 0 Å². The Morgan fingerprint density at radius 1 is 1.00 bits per heavy atom. The number of rotatable bonds is 7. The molecular weight excluding hydrogens is 384 g/mol. The van der Waals surface area contributed by atoms with Crippen LogP contribution in [0.3, 0.4) is 0 Å². The van der Waals surface area contributed by atoms with Crippen LogP contribution in [0, 0.1) is 6.92 Å². The Kier molecular flexibility index (Phi) is 6.18. The molecule has 0 saturated carbocycles. The normalized spacial score (nSPS) is 11.3. The number of carbonyl (C=O) groups excluding carboxylic acids is 1. The van der Waals surface area contributed by atoms with Gasteiger partial charge in [0, 0.05) is 36.3 Å². The number of hydrogen-bond acceptors (Lipinski definition) is 2. The maximum absolute atomic E-state index is 12.2. The lowest BCUT2D eigenvalue weighted by Crippen LogP contribution is -2.23. The highest BCUT2D eigenvalue weighted by molar-refractivity contribution is 5.91. The Balaban J connectivity index is 1.40. The van der Waals surface area contributed by atoms with Gasteiger partial charge in [0.2, 0.25) is 5.91 Å². The van der Waals surface area contributed by atoms with Crippen LogP contribution in [0.15, 0.2) is 85.1 Å². The summed E-state index contributed by atoms with van der Waals surface area (Å²) in [5.74, 6) is 0.0830. The van der Waals surface area contributed by atoms with Crippen molar-refractivity contribution >= 4 is 22.9 Å². The number of benzene rings is 3. The zero-order valence-electron chi connectivity index (χ0n) is 17.6. The summed E-state index contributed by atoms with van der Waals surface area (Å²) in [6.45, 7) is 3.49. The molecule has 4 aromatic rings. The van der Waals surface area contributed by atoms with Crippen molar-refractivity contribution in [3.63, 3.8) is 0 Å². The van der Waals surface area contributed by atoms with Gasteiger partial charge in [-0.15, -0.1) is 0 Å². The number of phenols is 1. The molecule has 1 aromatic heterocycles. The number of aromatic nitrogens is 1. The number of phenolic OH excluding ortho intramolecular Hbond substituents is 1. The summed E-state index contributed by atoms with van der Waals surface area (Å²) < 4.78 is 2.28. The second-order valence-corrected chi connectivity index (χ2v) is 7.75. The van der Waals surface area contributed by atoms with Crippen molar-refractivity contribution in [1.29, 1.82) is 0 Å². The van der Waals surface area contributed by atoms with E-state index in [0.29, 0.717) is 6.54 Å². The molecular formula is C27H26N2O2. The van der Waals surface area contributed by atoms with E-state index in [1.807, 2.05) is 0 Å². The van der Waals surface area contributed by atoms with E-state index in [-0.39, 0.29) is 11.7 Å². The first-order chi connectivity index (χ1) is 15.1. The maximum Gasteiger partial charge on any atom is 0.244 e. The van der Waals surface area contributed by atoms with Crippen LogP contribution in [0.5, 0.6) is 5.75 Å². The summed E-state index contributed by atoms with van der Waals surface area (Å²) in [5, 5.41) is 13.5. The van der Waals surface area contributed by atoms with Crippen LogP contribution in [0.1, 0.15) is 22.3 Å². The molecule has 1 heterocycles. The smallest absolute Gasteiger partial charge is 0.244 e. The molecule has 0 spiro atoms. The number of nitrogens with zero attached hydrogens (tertiary/aromatic N) is 1. The molecule has 4 nitrogen and oxygen atoms in total. The molecule has 0 aliphatic rings. The second kappa shape index (κ2) is 9.35. The summed E-state index contributed by atoms with van der Waals surface area (Å²) >= 11 is 0. The number of aryl methyl sites for hydroxylation is 1. The first-order valence-electron chi connectivity index (χ1n) is 10.5. The first-order valence-corrected chi connectivity index (χ1v) is 10.5. The predicted octanol–water partition coefficient (Wildman–Crippen LogP) is 5.08. The molecule has 0 fully saturated rings. The lowest BCUT2D eigenvalue weighted by molar-refractivity contribution is -0.116. The molecule has 0 bridgehead atoms. The van der Waals surface area contributed by atoms with Crippen molar-refractivity contribution < 1.29 is 9.90 Å². The standard InChI is InChI=1S/C27H26N2O2/c1-20-6-8-22(9-7-20)18-29-19-23(25-4-2-3-5-26(25)29)16-17-28-27(31)15-12-21-10-13-24(30)14-11-21/h2-15,19,30H,16-18H2,1H3,(H,28,31)/b15-12+. The number of carbonyl (C=O) groups is 1. The van der Waals surface area contributed by atoms with Gasteiger partial charge in [-0.25, -0.2) is 0 Å². The van der Waals surface area contributed by atoms with Crippen LogP contribution in [0.2, 0.25) is 0 Å². The molecule has 2 N–H and O–H groups in total. The number of amides is 1. The van der Waals surface area contributed by atoms with Gasteiger partial charge in [0.25, 0.3) is 0 Å².